The van der Waals surface area contributed by atoms with Crippen molar-refractivity contribution in [2.75, 3.05) is 26.9 Å². The molecule has 12 nitrogen and oxygen atoms in total. The molecule has 0 N–H and O–H groups in total. The van der Waals surface area contributed by atoms with E-state index in [1.54, 1.807) is 28.8 Å². The number of rotatable bonds is 8. The highest BCUT2D eigenvalue weighted by Crippen LogP contribution is 2.29. The predicted molar refractivity (Wildman–Crippen MR) is 129 cm³/mol. The highest BCUT2D eigenvalue weighted by Gasteiger charge is 2.24. The van der Waals surface area contributed by atoms with E-state index in [0.717, 1.165) is 22.7 Å². The van der Waals surface area contributed by atoms with Crippen molar-refractivity contribution < 1.29 is 23.5 Å². The number of pyridine rings is 1. The number of methoxy groups -OCH3 is 1. The van der Waals surface area contributed by atoms with Gasteiger partial charge in [0.2, 0.25) is 18.1 Å². The summed E-state index contributed by atoms with van der Waals surface area (Å²) in [5, 5.41) is 19.0. The third-order valence-corrected chi connectivity index (χ3v) is 6.20. The number of hydrogen-bond acceptors (Lipinski definition) is 10. The largest absolute Gasteiger partial charge is 0.470 e. The Hall–Kier alpha value is -4.42. The molecule has 6 rings (SSSR count). The van der Waals surface area contributed by atoms with Crippen LogP contribution < -0.4 is 4.74 Å². The van der Waals surface area contributed by atoms with Gasteiger partial charge >= 0.3 is 0 Å². The first-order chi connectivity index (χ1) is 18.2. The molecule has 0 spiro atoms. The van der Waals surface area contributed by atoms with E-state index < -0.39 is 0 Å². The molecule has 0 bridgehead atoms. The van der Waals surface area contributed by atoms with E-state index in [2.05, 4.69) is 25.4 Å². The van der Waals surface area contributed by atoms with Crippen LogP contribution in [0.1, 0.15) is 23.1 Å². The van der Waals surface area contributed by atoms with Crippen molar-refractivity contribution in [2.24, 2.45) is 0 Å². The average Bonchev–Trinajstić information content (AvgIpc) is 3.59. The lowest BCUT2D eigenvalue weighted by Gasteiger charge is -2.32. The fourth-order valence-electron chi connectivity index (χ4n) is 4.34. The summed E-state index contributed by atoms with van der Waals surface area (Å²) in [5.74, 6) is 1.40. The molecule has 1 unspecified atom stereocenters. The molecule has 1 fully saturated rings. The number of morpholine rings is 1. The van der Waals surface area contributed by atoms with Crippen LogP contribution in [-0.4, -0.2) is 68.1 Å². The van der Waals surface area contributed by atoms with Gasteiger partial charge in [0.25, 0.3) is 0 Å². The number of benzene rings is 1. The maximum absolute atomic E-state index is 11.4. The molecular formula is C25H23N7O5. The zero-order valence-corrected chi connectivity index (χ0v) is 20.0. The van der Waals surface area contributed by atoms with Crippen molar-refractivity contribution >= 4 is 22.8 Å². The minimum Gasteiger partial charge on any atom is -0.470 e. The number of amides is 1. The molecule has 4 aromatic heterocycles. The Balaban J connectivity index is 1.29. The van der Waals surface area contributed by atoms with Crippen LogP contribution in [0.3, 0.4) is 0 Å². The zero-order valence-electron chi connectivity index (χ0n) is 20.0. The minimum absolute atomic E-state index is 0.144. The van der Waals surface area contributed by atoms with Crippen molar-refractivity contribution in [2.45, 2.75) is 19.3 Å². The van der Waals surface area contributed by atoms with E-state index in [-0.39, 0.29) is 12.6 Å². The van der Waals surface area contributed by atoms with Crippen LogP contribution in [0.2, 0.25) is 0 Å². The summed E-state index contributed by atoms with van der Waals surface area (Å²) >= 11 is 0. The number of ether oxygens (including phenoxy) is 3. The number of nitrogens with zero attached hydrogens (tertiary/aromatic N) is 7. The SMILES string of the molecule is COCc1cc(-c2nnc3c4ccccc4c(OCc4ccc(C5COCCN5C=O)cn4)nn23)no1. The molecule has 1 amide bonds. The highest BCUT2D eigenvalue weighted by molar-refractivity contribution is 5.96. The van der Waals surface area contributed by atoms with E-state index in [4.69, 9.17) is 18.7 Å². The van der Waals surface area contributed by atoms with Gasteiger partial charge in [-0.1, -0.05) is 29.4 Å². The normalized spacial score (nSPS) is 15.9. The van der Waals surface area contributed by atoms with Crippen molar-refractivity contribution in [1.29, 1.82) is 0 Å². The van der Waals surface area contributed by atoms with Gasteiger partial charge in [-0.15, -0.1) is 15.3 Å². The first kappa shape index (κ1) is 23.0. The molecule has 0 aliphatic carbocycles. The number of carbonyl (C=O) groups is 1. The molecule has 37 heavy (non-hydrogen) atoms. The highest BCUT2D eigenvalue weighted by atomic mass is 16.5. The summed E-state index contributed by atoms with van der Waals surface area (Å²) in [4.78, 5) is 17.7. The molecule has 5 aromatic rings. The Kier molecular flexibility index (Phi) is 6.16. The quantitative estimate of drug-likeness (QED) is 0.292. The smallest absolute Gasteiger partial charge is 0.240 e. The monoisotopic (exact) mass is 501 g/mol. The first-order valence-corrected chi connectivity index (χ1v) is 11.7. The Labute approximate surface area is 210 Å². The summed E-state index contributed by atoms with van der Waals surface area (Å²) in [5.41, 5.74) is 2.69. The molecule has 1 atom stereocenters. The second-order valence-electron chi connectivity index (χ2n) is 8.53. The van der Waals surface area contributed by atoms with Crippen LogP contribution >= 0.6 is 0 Å². The summed E-state index contributed by atoms with van der Waals surface area (Å²) in [6.07, 6.45) is 2.61. The third-order valence-electron chi connectivity index (χ3n) is 6.20. The van der Waals surface area contributed by atoms with Crippen LogP contribution in [0.4, 0.5) is 0 Å². The molecular weight excluding hydrogens is 478 g/mol. The molecule has 1 aromatic carbocycles. The third kappa shape index (κ3) is 4.36. The van der Waals surface area contributed by atoms with E-state index in [1.807, 2.05) is 36.4 Å². The molecule has 0 radical (unpaired) electrons. The fourth-order valence-corrected chi connectivity index (χ4v) is 4.34. The molecule has 188 valence electrons. The van der Waals surface area contributed by atoms with E-state index in [0.29, 0.717) is 60.9 Å². The lowest BCUT2D eigenvalue weighted by atomic mass is 10.1. The van der Waals surface area contributed by atoms with Crippen LogP contribution in [-0.2, 0) is 27.5 Å². The summed E-state index contributed by atoms with van der Waals surface area (Å²) in [7, 11) is 1.58. The Morgan fingerprint density at radius 3 is 2.84 bits per heavy atom. The molecule has 1 aliphatic rings. The van der Waals surface area contributed by atoms with Gasteiger partial charge in [0, 0.05) is 36.7 Å². The molecule has 5 heterocycles. The van der Waals surface area contributed by atoms with Crippen molar-refractivity contribution in [1.82, 2.24) is 34.9 Å². The van der Waals surface area contributed by atoms with E-state index >= 15 is 0 Å². The number of aromatic nitrogens is 6. The van der Waals surface area contributed by atoms with Crippen molar-refractivity contribution in [3.8, 4) is 17.4 Å². The molecule has 1 aliphatic heterocycles. The van der Waals surface area contributed by atoms with Crippen LogP contribution in [0, 0.1) is 0 Å². The van der Waals surface area contributed by atoms with Crippen LogP contribution in [0.5, 0.6) is 5.88 Å². The number of hydrogen-bond donors (Lipinski definition) is 0. The Morgan fingerprint density at radius 2 is 2.03 bits per heavy atom. The average molecular weight is 502 g/mol. The van der Waals surface area contributed by atoms with Gasteiger partial charge in [-0.3, -0.25) is 9.78 Å². The van der Waals surface area contributed by atoms with Gasteiger partial charge < -0.3 is 23.6 Å². The fraction of sp³-hybridized carbons (Fsp3) is 0.280. The summed E-state index contributed by atoms with van der Waals surface area (Å²) < 4.78 is 23.7. The second-order valence-corrected chi connectivity index (χ2v) is 8.53. The second kappa shape index (κ2) is 9.91. The lowest BCUT2D eigenvalue weighted by molar-refractivity contribution is -0.126. The molecule has 12 heteroatoms. The minimum atomic E-state index is -0.144. The van der Waals surface area contributed by atoms with Crippen molar-refractivity contribution in [3.63, 3.8) is 0 Å². The number of fused-ring (bicyclic) bond motifs is 3. The van der Waals surface area contributed by atoms with E-state index in [9.17, 15) is 4.79 Å². The maximum Gasteiger partial charge on any atom is 0.240 e. The van der Waals surface area contributed by atoms with Gasteiger partial charge in [0.15, 0.2) is 17.1 Å². The number of carbonyl (C=O) groups excluding carboxylic acids is 1. The molecule has 1 saturated heterocycles. The topological polar surface area (TPSA) is 130 Å². The maximum atomic E-state index is 11.4. The van der Waals surface area contributed by atoms with E-state index in [1.165, 1.54) is 0 Å². The summed E-state index contributed by atoms with van der Waals surface area (Å²) in [6.45, 7) is 2.04. The Morgan fingerprint density at radius 1 is 1.14 bits per heavy atom. The van der Waals surface area contributed by atoms with Gasteiger partial charge in [-0.2, -0.15) is 4.52 Å². The van der Waals surface area contributed by atoms with Crippen LogP contribution in [0.25, 0.3) is 27.9 Å². The van der Waals surface area contributed by atoms with Gasteiger partial charge in [0.1, 0.15) is 13.2 Å². The predicted octanol–water partition coefficient (Wildman–Crippen LogP) is 2.58. The van der Waals surface area contributed by atoms with Crippen LogP contribution in [0.15, 0.2) is 53.2 Å². The standard InChI is InChI=1S/C25H23N7O5/c1-34-13-18-10-21(30-37-18)24-28-27-23-19-4-2-3-5-20(19)25(29-32(23)24)36-12-17-7-6-16(11-26-17)22-14-35-9-8-31(22)15-33/h2-7,10-11,15,22H,8-9,12-14H2,1H3. The van der Waals surface area contributed by atoms with Crippen molar-refractivity contribution in [3.05, 3.63) is 65.7 Å². The lowest BCUT2D eigenvalue weighted by Crippen LogP contribution is -2.38. The Bertz CT molecular complexity index is 1550. The van der Waals surface area contributed by atoms with Gasteiger partial charge in [0.05, 0.1) is 24.9 Å². The van der Waals surface area contributed by atoms with Gasteiger partial charge in [-0.05, 0) is 17.7 Å². The van der Waals surface area contributed by atoms with Gasteiger partial charge in [-0.25, -0.2) is 0 Å². The zero-order chi connectivity index (χ0) is 25.2. The first-order valence-electron chi connectivity index (χ1n) is 11.7. The molecule has 0 saturated carbocycles. The summed E-state index contributed by atoms with van der Waals surface area (Å²) in [6, 6.07) is 13.1.